The summed E-state index contributed by atoms with van der Waals surface area (Å²) >= 11 is 0. The summed E-state index contributed by atoms with van der Waals surface area (Å²) in [5.74, 6) is -1.75. The second-order valence-electron chi connectivity index (χ2n) is 5.91. The van der Waals surface area contributed by atoms with Crippen molar-refractivity contribution in [3.8, 4) is 0 Å². The van der Waals surface area contributed by atoms with Gasteiger partial charge < -0.3 is 15.7 Å². The number of amides is 2. The molecule has 1 rings (SSSR count). The van der Waals surface area contributed by atoms with Gasteiger partial charge in [-0.1, -0.05) is 36.8 Å². The van der Waals surface area contributed by atoms with Crippen molar-refractivity contribution >= 4 is 17.8 Å². The largest absolute Gasteiger partial charge is 0.480 e. The number of carboxylic acid groups (broad SMARTS) is 1. The zero-order chi connectivity index (χ0) is 17.6. The molecule has 2 atom stereocenters. The van der Waals surface area contributed by atoms with Crippen molar-refractivity contribution in [1.82, 2.24) is 10.6 Å². The van der Waals surface area contributed by atoms with E-state index in [0.717, 1.165) is 11.1 Å². The van der Waals surface area contributed by atoms with E-state index in [2.05, 4.69) is 10.6 Å². The van der Waals surface area contributed by atoms with Crippen LogP contribution in [0.2, 0.25) is 0 Å². The predicted octanol–water partition coefficient (Wildman–Crippen LogP) is 1.93. The summed E-state index contributed by atoms with van der Waals surface area (Å²) in [4.78, 5) is 34.9. The van der Waals surface area contributed by atoms with E-state index in [4.69, 9.17) is 0 Å². The van der Waals surface area contributed by atoms with Crippen molar-refractivity contribution in [1.29, 1.82) is 0 Å². The van der Waals surface area contributed by atoms with Gasteiger partial charge in [0.1, 0.15) is 5.54 Å². The Hall–Kier alpha value is -2.37. The first-order valence-corrected chi connectivity index (χ1v) is 7.56. The quantitative estimate of drug-likeness (QED) is 0.715. The zero-order valence-corrected chi connectivity index (χ0v) is 14.0. The molecule has 2 amide bonds. The molecular formula is C17H24N2O4. The lowest BCUT2D eigenvalue weighted by molar-refractivity contribution is -0.147. The number of aliphatic carboxylic acids is 1. The highest BCUT2D eigenvalue weighted by molar-refractivity contribution is 5.87. The van der Waals surface area contributed by atoms with Crippen LogP contribution in [0.3, 0.4) is 0 Å². The SMILES string of the molecule is CCC(C)(NC(=O)CC(NC(C)=O)c1ccc(C)cc1)C(=O)O. The first kappa shape index (κ1) is 18.7. The molecule has 0 radical (unpaired) electrons. The van der Waals surface area contributed by atoms with Crippen LogP contribution >= 0.6 is 0 Å². The Bertz CT molecular complexity index is 583. The smallest absolute Gasteiger partial charge is 0.329 e. The molecule has 1 aromatic rings. The zero-order valence-electron chi connectivity index (χ0n) is 14.0. The number of hydrogen-bond acceptors (Lipinski definition) is 3. The van der Waals surface area contributed by atoms with Crippen LogP contribution in [0, 0.1) is 6.92 Å². The molecule has 0 aliphatic rings. The van der Waals surface area contributed by atoms with Crippen molar-refractivity contribution in [2.75, 3.05) is 0 Å². The summed E-state index contributed by atoms with van der Waals surface area (Å²) in [5.41, 5.74) is 0.559. The number of carbonyl (C=O) groups is 3. The first-order valence-electron chi connectivity index (χ1n) is 7.56. The number of carboxylic acids is 1. The van der Waals surface area contributed by atoms with Crippen LogP contribution in [0.5, 0.6) is 0 Å². The summed E-state index contributed by atoms with van der Waals surface area (Å²) < 4.78 is 0. The normalized spacial score (nSPS) is 14.4. The van der Waals surface area contributed by atoms with Crippen LogP contribution in [0.15, 0.2) is 24.3 Å². The molecule has 0 saturated carbocycles. The molecule has 0 spiro atoms. The summed E-state index contributed by atoms with van der Waals surface area (Å²) in [7, 11) is 0. The molecule has 6 nitrogen and oxygen atoms in total. The maximum atomic E-state index is 12.2. The van der Waals surface area contributed by atoms with Gasteiger partial charge in [0.05, 0.1) is 12.5 Å². The Labute approximate surface area is 136 Å². The average Bonchev–Trinajstić information content (AvgIpc) is 2.46. The fraction of sp³-hybridized carbons (Fsp3) is 0.471. The van der Waals surface area contributed by atoms with Crippen molar-refractivity contribution in [2.45, 2.75) is 52.1 Å². The summed E-state index contributed by atoms with van der Waals surface area (Å²) in [6, 6.07) is 6.99. The Morgan fingerprint density at radius 1 is 1.22 bits per heavy atom. The van der Waals surface area contributed by atoms with Gasteiger partial charge in [0.15, 0.2) is 0 Å². The number of aryl methyl sites for hydroxylation is 1. The van der Waals surface area contributed by atoms with Gasteiger partial charge in [0.25, 0.3) is 0 Å². The minimum absolute atomic E-state index is 0.0223. The fourth-order valence-electron chi connectivity index (χ4n) is 2.13. The second-order valence-corrected chi connectivity index (χ2v) is 5.91. The van der Waals surface area contributed by atoms with Crippen LogP contribution < -0.4 is 10.6 Å². The minimum atomic E-state index is -1.31. The molecule has 0 aromatic heterocycles. The molecule has 0 bridgehead atoms. The predicted molar refractivity (Wildman–Crippen MR) is 86.8 cm³/mol. The van der Waals surface area contributed by atoms with E-state index >= 15 is 0 Å². The molecule has 3 N–H and O–H groups in total. The molecule has 0 fully saturated rings. The summed E-state index contributed by atoms with van der Waals surface area (Å²) in [5, 5.41) is 14.5. The Balaban J connectivity index is 2.89. The summed E-state index contributed by atoms with van der Waals surface area (Å²) in [6.45, 7) is 6.49. The van der Waals surface area contributed by atoms with Gasteiger partial charge in [-0.05, 0) is 25.8 Å². The van der Waals surface area contributed by atoms with Gasteiger partial charge in [-0.3, -0.25) is 9.59 Å². The van der Waals surface area contributed by atoms with Crippen LogP contribution in [0.4, 0.5) is 0 Å². The second kappa shape index (κ2) is 7.76. The Kier molecular flexibility index (Phi) is 6.30. The Morgan fingerprint density at radius 2 is 1.78 bits per heavy atom. The average molecular weight is 320 g/mol. The van der Waals surface area contributed by atoms with Gasteiger partial charge in [0.2, 0.25) is 11.8 Å². The van der Waals surface area contributed by atoms with E-state index in [0.29, 0.717) is 0 Å². The van der Waals surface area contributed by atoms with Gasteiger partial charge in [0, 0.05) is 6.92 Å². The molecule has 23 heavy (non-hydrogen) atoms. The number of nitrogens with one attached hydrogen (secondary N) is 2. The van der Waals surface area contributed by atoms with E-state index in [9.17, 15) is 19.5 Å². The van der Waals surface area contributed by atoms with E-state index in [-0.39, 0.29) is 18.7 Å². The number of hydrogen-bond donors (Lipinski definition) is 3. The number of carbonyl (C=O) groups excluding carboxylic acids is 2. The number of benzene rings is 1. The molecule has 6 heteroatoms. The van der Waals surface area contributed by atoms with Gasteiger partial charge in [-0.25, -0.2) is 4.79 Å². The molecule has 0 aliphatic carbocycles. The first-order chi connectivity index (χ1) is 10.7. The van der Waals surface area contributed by atoms with Crippen molar-refractivity contribution in [3.05, 3.63) is 35.4 Å². The third-order valence-electron chi connectivity index (χ3n) is 3.84. The van der Waals surface area contributed by atoms with E-state index in [1.165, 1.54) is 13.8 Å². The lowest BCUT2D eigenvalue weighted by Gasteiger charge is -2.26. The minimum Gasteiger partial charge on any atom is -0.480 e. The highest BCUT2D eigenvalue weighted by Crippen LogP contribution is 2.19. The molecule has 1 aromatic carbocycles. The highest BCUT2D eigenvalue weighted by Gasteiger charge is 2.33. The molecular weight excluding hydrogens is 296 g/mol. The van der Waals surface area contributed by atoms with E-state index in [1.807, 2.05) is 31.2 Å². The maximum absolute atomic E-state index is 12.2. The van der Waals surface area contributed by atoms with Crippen LogP contribution in [0.1, 0.15) is 50.8 Å². The Morgan fingerprint density at radius 3 is 2.22 bits per heavy atom. The topological polar surface area (TPSA) is 95.5 Å². The number of rotatable bonds is 7. The van der Waals surface area contributed by atoms with Gasteiger partial charge in [-0.15, -0.1) is 0 Å². The molecule has 0 heterocycles. The van der Waals surface area contributed by atoms with Crippen molar-refractivity contribution in [2.24, 2.45) is 0 Å². The van der Waals surface area contributed by atoms with Gasteiger partial charge >= 0.3 is 5.97 Å². The van der Waals surface area contributed by atoms with Crippen LogP contribution in [-0.4, -0.2) is 28.4 Å². The van der Waals surface area contributed by atoms with Crippen LogP contribution in [-0.2, 0) is 14.4 Å². The maximum Gasteiger partial charge on any atom is 0.329 e. The standard InChI is InChI=1S/C17H24N2O4/c1-5-17(4,16(22)23)19-15(21)10-14(18-12(3)20)13-8-6-11(2)7-9-13/h6-9,14H,5,10H2,1-4H3,(H,18,20)(H,19,21)(H,22,23). The van der Waals surface area contributed by atoms with Crippen molar-refractivity contribution < 1.29 is 19.5 Å². The molecule has 0 aliphatic heterocycles. The van der Waals surface area contributed by atoms with Crippen LogP contribution in [0.25, 0.3) is 0 Å². The summed E-state index contributed by atoms with van der Waals surface area (Å²) in [6.07, 6.45) is 0.245. The lowest BCUT2D eigenvalue weighted by Crippen LogP contribution is -2.52. The highest BCUT2D eigenvalue weighted by atomic mass is 16.4. The fourth-order valence-corrected chi connectivity index (χ4v) is 2.13. The monoisotopic (exact) mass is 320 g/mol. The molecule has 2 unspecified atom stereocenters. The lowest BCUT2D eigenvalue weighted by atomic mass is 9.97. The van der Waals surface area contributed by atoms with E-state index < -0.39 is 23.5 Å². The molecule has 0 saturated heterocycles. The molecule has 126 valence electrons. The van der Waals surface area contributed by atoms with Crippen molar-refractivity contribution in [3.63, 3.8) is 0 Å². The van der Waals surface area contributed by atoms with E-state index in [1.54, 1.807) is 6.92 Å². The third kappa shape index (κ3) is 5.39. The van der Waals surface area contributed by atoms with Gasteiger partial charge in [-0.2, -0.15) is 0 Å². The third-order valence-corrected chi connectivity index (χ3v) is 3.84.